The van der Waals surface area contributed by atoms with Gasteiger partial charge in [0.25, 0.3) is 0 Å². The molecule has 5 aliphatic rings. The number of Topliss-reactive ketones (excluding diaryl/α,β-unsaturated/α-hetero) is 1. The number of aromatic amines is 1. The van der Waals surface area contributed by atoms with Gasteiger partial charge in [-0.05, 0) is 80.7 Å². The summed E-state index contributed by atoms with van der Waals surface area (Å²) in [4.78, 5) is 43.9. The molecule has 0 saturated heterocycles. The summed E-state index contributed by atoms with van der Waals surface area (Å²) < 4.78 is 25.0. The Bertz CT molecular complexity index is 2070. The first-order chi connectivity index (χ1) is 24.7. The van der Waals surface area contributed by atoms with E-state index in [0.29, 0.717) is 54.4 Å². The SMILES string of the molecule is CCOC(=O)C1=C(C=O)C2=C3CCC(=O)C(C3)c3cc4cc[nH]c4cc3CCC(CO)COc3c2c(c(CO)c2c3C3C=CCC(C)(O)C3O2)O1. The standard InChI is InChI=1S/C40H41NO10/c1-3-48-39(46)36-27(17-43)31-23-8-9-30(45)26(14-23)25-13-22-10-12-41-29(22)15-21(25)7-6-20(16-42)19-49-37-32-24-5-4-11-40(2,47)38(24)51-34(32)28(18-44)35(50-36)33(31)37/h4-5,10,12-13,15,17,20,24,26,38,41-42,44,47H,3,6-9,11,14,16,18-19H2,1-2H3. The molecule has 51 heavy (non-hydrogen) atoms. The molecule has 5 atom stereocenters. The Hall–Kier alpha value is -4.71. The topological polar surface area (TPSA) is 165 Å². The van der Waals surface area contributed by atoms with Crippen LogP contribution in [-0.2, 0) is 32.1 Å². The van der Waals surface area contributed by atoms with Gasteiger partial charge in [-0.1, -0.05) is 17.7 Å². The number of hydrogen-bond donors (Lipinski definition) is 4. The third-order valence-corrected chi connectivity index (χ3v) is 11.2. The van der Waals surface area contributed by atoms with Crippen molar-refractivity contribution in [3.05, 3.63) is 81.3 Å². The number of ether oxygens (including phenoxy) is 4. The molecule has 1 fully saturated rings. The summed E-state index contributed by atoms with van der Waals surface area (Å²) >= 11 is 0. The number of H-pyrrole nitrogens is 1. The van der Waals surface area contributed by atoms with Crippen molar-refractivity contribution in [3.63, 3.8) is 0 Å². The number of aldehydes is 1. The normalized spacial score (nSPS) is 26.7. The minimum absolute atomic E-state index is 0.0272. The van der Waals surface area contributed by atoms with E-state index in [4.69, 9.17) is 18.9 Å². The summed E-state index contributed by atoms with van der Waals surface area (Å²) in [6, 6.07) is 6.10. The van der Waals surface area contributed by atoms with E-state index in [1.54, 1.807) is 13.8 Å². The zero-order valence-electron chi connectivity index (χ0n) is 28.6. The molecule has 0 spiro atoms. The highest BCUT2D eigenvalue weighted by Gasteiger charge is 2.51. The number of aryl methyl sites for hydroxylation is 1. The van der Waals surface area contributed by atoms with Gasteiger partial charge in [-0.2, -0.15) is 0 Å². The number of carbonyl (C=O) groups is 3. The summed E-state index contributed by atoms with van der Waals surface area (Å²) in [5.74, 6) is -1.75. The molecule has 2 aliphatic carbocycles. The summed E-state index contributed by atoms with van der Waals surface area (Å²) in [6.45, 7) is 2.74. The number of aliphatic hydroxyl groups is 3. The van der Waals surface area contributed by atoms with Crippen LogP contribution >= 0.6 is 0 Å². The van der Waals surface area contributed by atoms with Crippen molar-refractivity contribution in [1.82, 2.24) is 4.98 Å². The third kappa shape index (κ3) is 5.32. The lowest BCUT2D eigenvalue weighted by Crippen LogP contribution is -2.45. The van der Waals surface area contributed by atoms with Gasteiger partial charge < -0.3 is 39.3 Å². The minimum atomic E-state index is -1.26. The largest absolute Gasteiger partial charge is 0.492 e. The number of ketones is 1. The lowest BCUT2D eigenvalue weighted by atomic mass is 9.73. The molecule has 3 aliphatic heterocycles. The maximum Gasteiger partial charge on any atom is 0.375 e. The van der Waals surface area contributed by atoms with Crippen LogP contribution in [0, 0.1) is 5.92 Å². The summed E-state index contributed by atoms with van der Waals surface area (Å²) in [5, 5.41) is 34.0. The van der Waals surface area contributed by atoms with E-state index in [0.717, 1.165) is 27.6 Å². The number of aromatic nitrogens is 1. The molecule has 4 N–H and O–H groups in total. The molecule has 1 aromatic heterocycles. The number of nitrogens with one attached hydrogen (secondary N) is 1. The second-order valence-corrected chi connectivity index (χ2v) is 14.4. The van der Waals surface area contributed by atoms with E-state index in [1.165, 1.54) is 0 Å². The van der Waals surface area contributed by atoms with Crippen molar-refractivity contribution in [2.45, 2.75) is 82.5 Å². The third-order valence-electron chi connectivity index (χ3n) is 11.2. The molecule has 11 heteroatoms. The van der Waals surface area contributed by atoms with E-state index in [1.807, 2.05) is 24.4 Å². The van der Waals surface area contributed by atoms with E-state index >= 15 is 0 Å². The summed E-state index contributed by atoms with van der Waals surface area (Å²) in [7, 11) is 0. The number of benzene rings is 2. The van der Waals surface area contributed by atoms with Gasteiger partial charge in [0.05, 0.1) is 36.5 Å². The van der Waals surface area contributed by atoms with E-state index in [2.05, 4.69) is 17.1 Å². The van der Waals surface area contributed by atoms with Crippen LogP contribution in [0.1, 0.15) is 85.6 Å². The van der Waals surface area contributed by atoms with Gasteiger partial charge in [0, 0.05) is 53.6 Å². The molecule has 266 valence electrons. The predicted molar refractivity (Wildman–Crippen MR) is 185 cm³/mol. The van der Waals surface area contributed by atoms with Gasteiger partial charge >= 0.3 is 5.97 Å². The van der Waals surface area contributed by atoms with Gasteiger partial charge in [-0.3, -0.25) is 9.59 Å². The van der Waals surface area contributed by atoms with Crippen LogP contribution in [0.4, 0.5) is 0 Å². The van der Waals surface area contributed by atoms with Crippen LogP contribution in [-0.4, -0.2) is 69.9 Å². The molecule has 11 nitrogen and oxygen atoms in total. The van der Waals surface area contributed by atoms with E-state index in [9.17, 15) is 29.7 Å². The summed E-state index contributed by atoms with van der Waals surface area (Å²) in [6.07, 6.45) is 7.86. The van der Waals surface area contributed by atoms with Crippen molar-refractivity contribution in [2.24, 2.45) is 5.92 Å². The molecule has 2 aromatic carbocycles. The van der Waals surface area contributed by atoms with Crippen molar-refractivity contribution in [2.75, 3.05) is 19.8 Å². The number of fused-ring (bicyclic) bond motifs is 9. The van der Waals surface area contributed by atoms with Crippen LogP contribution in [0.2, 0.25) is 0 Å². The molecule has 8 rings (SSSR count). The highest BCUT2D eigenvalue weighted by atomic mass is 16.6. The maximum absolute atomic E-state index is 13.9. The number of allylic oxidation sites excluding steroid dienone is 3. The zero-order valence-corrected chi connectivity index (χ0v) is 28.6. The average Bonchev–Trinajstić information content (AvgIpc) is 3.75. The smallest absolute Gasteiger partial charge is 0.375 e. The lowest BCUT2D eigenvalue weighted by Gasteiger charge is -2.34. The molecule has 1 saturated carbocycles. The van der Waals surface area contributed by atoms with Crippen LogP contribution in [0.3, 0.4) is 0 Å². The number of carbonyl (C=O) groups excluding carboxylic acids is 3. The van der Waals surface area contributed by atoms with E-state index < -0.39 is 36.1 Å². The van der Waals surface area contributed by atoms with Crippen molar-refractivity contribution in [1.29, 1.82) is 0 Å². The molecular formula is C40H41NO10. The lowest BCUT2D eigenvalue weighted by molar-refractivity contribution is -0.141. The highest BCUT2D eigenvalue weighted by Crippen LogP contribution is 2.60. The van der Waals surface area contributed by atoms with Gasteiger partial charge in [-0.25, -0.2) is 4.79 Å². The van der Waals surface area contributed by atoms with Gasteiger partial charge in [0.1, 0.15) is 34.7 Å². The van der Waals surface area contributed by atoms with Gasteiger partial charge in [0.2, 0.25) is 5.76 Å². The monoisotopic (exact) mass is 695 g/mol. The Balaban J connectivity index is 1.44. The van der Waals surface area contributed by atoms with Crippen LogP contribution in [0.15, 0.2) is 53.5 Å². The summed E-state index contributed by atoms with van der Waals surface area (Å²) in [5.41, 5.74) is 3.90. The molecule has 4 heterocycles. The van der Waals surface area contributed by atoms with Crippen LogP contribution < -0.4 is 14.2 Å². The fourth-order valence-corrected chi connectivity index (χ4v) is 8.61. The van der Waals surface area contributed by atoms with Crippen molar-refractivity contribution < 1.29 is 48.7 Å². The Morgan fingerprint density at radius 1 is 1.16 bits per heavy atom. The average molecular weight is 696 g/mol. The maximum atomic E-state index is 13.9. The predicted octanol–water partition coefficient (Wildman–Crippen LogP) is 4.85. The Morgan fingerprint density at radius 3 is 2.76 bits per heavy atom. The Kier molecular flexibility index (Phi) is 8.40. The first-order valence-electron chi connectivity index (χ1n) is 17.7. The molecular weight excluding hydrogens is 654 g/mol. The molecule has 5 unspecified atom stereocenters. The first kappa shape index (κ1) is 33.4. The Morgan fingerprint density at radius 2 is 2.00 bits per heavy atom. The number of esters is 1. The molecule has 0 radical (unpaired) electrons. The Labute approximate surface area is 294 Å². The minimum Gasteiger partial charge on any atom is -0.492 e. The fourth-order valence-electron chi connectivity index (χ4n) is 8.61. The second kappa shape index (κ2) is 12.8. The second-order valence-electron chi connectivity index (χ2n) is 14.4. The molecule has 0 amide bonds. The molecule has 3 aromatic rings. The number of hydrogen-bond acceptors (Lipinski definition) is 10. The zero-order chi connectivity index (χ0) is 35.6. The van der Waals surface area contributed by atoms with E-state index in [-0.39, 0.29) is 72.8 Å². The van der Waals surface area contributed by atoms with Gasteiger partial charge in [-0.15, -0.1) is 0 Å². The number of rotatable bonds is 5. The number of aliphatic hydroxyl groups excluding tert-OH is 2. The first-order valence-corrected chi connectivity index (χ1v) is 17.7. The highest BCUT2D eigenvalue weighted by molar-refractivity contribution is 6.11. The van der Waals surface area contributed by atoms with Crippen LogP contribution in [0.5, 0.6) is 17.2 Å². The van der Waals surface area contributed by atoms with Crippen molar-refractivity contribution >= 4 is 34.5 Å². The quantitative estimate of drug-likeness (QED) is 0.165. The van der Waals surface area contributed by atoms with Gasteiger partial charge in [0.15, 0.2) is 6.29 Å². The fraction of sp³-hybridized carbons (Fsp3) is 0.425. The van der Waals surface area contributed by atoms with Crippen LogP contribution in [0.25, 0.3) is 16.5 Å². The molecule has 2 bridgehead atoms. The van der Waals surface area contributed by atoms with Crippen molar-refractivity contribution in [3.8, 4) is 17.2 Å².